The largest absolute Gasteiger partial charge is 0.344 e. The molecule has 9 aromatic rings. The number of benzene rings is 7. The van der Waals surface area contributed by atoms with Gasteiger partial charge in [0.1, 0.15) is 0 Å². The van der Waals surface area contributed by atoms with Crippen molar-refractivity contribution in [1.82, 2.24) is 4.57 Å². The number of nitrogens with zero attached hydrogens (tertiary/aromatic N) is 3. The summed E-state index contributed by atoms with van der Waals surface area (Å²) in [6.45, 7) is 0.133. The third-order valence-electron chi connectivity index (χ3n) is 10.8. The maximum absolute atomic E-state index is 2.51. The van der Waals surface area contributed by atoms with Crippen LogP contribution in [0, 0.1) is 0 Å². The minimum atomic E-state index is 0.133. The number of fused-ring (bicyclic) bond motifs is 9. The number of hydrogen-bond donors (Lipinski definition) is 0. The average Bonchev–Trinajstić information content (AvgIpc) is 3.70. The smallest absolute Gasteiger partial charge is 0.264 e. The Kier molecular flexibility index (Phi) is 5.84. The minimum absolute atomic E-state index is 0.133. The SMILES string of the molecule is Cn1c2ccccc2c2c(-c3cccc(N4c5ccccc5B5c6sc7ccccc7c6N(c6ccccc6)c6cccc4c65)c3)cccc21. The van der Waals surface area contributed by atoms with Crippen molar-refractivity contribution in [3.63, 3.8) is 0 Å². The minimum Gasteiger partial charge on any atom is -0.344 e. The van der Waals surface area contributed by atoms with Crippen molar-refractivity contribution in [3.8, 4) is 11.1 Å². The van der Waals surface area contributed by atoms with E-state index in [0.29, 0.717) is 0 Å². The molecule has 0 amide bonds. The zero-order valence-corrected chi connectivity index (χ0v) is 28.2. The van der Waals surface area contributed by atoms with Crippen LogP contribution in [0.2, 0.25) is 0 Å². The highest BCUT2D eigenvalue weighted by Crippen LogP contribution is 2.48. The molecule has 0 atom stereocenters. The highest BCUT2D eigenvalue weighted by Gasteiger charge is 2.44. The van der Waals surface area contributed by atoms with E-state index < -0.39 is 0 Å². The van der Waals surface area contributed by atoms with Crippen molar-refractivity contribution in [2.75, 3.05) is 9.80 Å². The summed E-state index contributed by atoms with van der Waals surface area (Å²) in [7, 11) is 2.17. The molecule has 3 nitrogen and oxygen atoms in total. The lowest BCUT2D eigenvalue weighted by Crippen LogP contribution is -2.60. The second kappa shape index (κ2) is 10.5. The van der Waals surface area contributed by atoms with E-state index in [1.807, 2.05) is 11.3 Å². The molecule has 0 saturated carbocycles. The van der Waals surface area contributed by atoms with E-state index >= 15 is 0 Å². The third-order valence-corrected chi connectivity index (χ3v) is 12.0. The Hall–Kier alpha value is -6.04. The van der Waals surface area contributed by atoms with Crippen LogP contribution in [-0.2, 0) is 7.05 Å². The summed E-state index contributed by atoms with van der Waals surface area (Å²) in [5.41, 5.74) is 15.0. The van der Waals surface area contributed by atoms with Gasteiger partial charge >= 0.3 is 0 Å². The number of thiophene rings is 1. The molecule has 0 aliphatic carbocycles. The molecule has 0 unspecified atom stereocenters. The highest BCUT2D eigenvalue weighted by molar-refractivity contribution is 7.33. The summed E-state index contributed by atoms with van der Waals surface area (Å²) in [6.07, 6.45) is 0. The Morgan fingerprint density at radius 3 is 2.08 bits per heavy atom. The van der Waals surface area contributed by atoms with Gasteiger partial charge in [0.25, 0.3) is 6.71 Å². The molecule has 0 radical (unpaired) electrons. The number of aromatic nitrogens is 1. The summed E-state index contributed by atoms with van der Waals surface area (Å²) in [6, 6.07) is 60.3. The molecule has 0 bridgehead atoms. The summed E-state index contributed by atoms with van der Waals surface area (Å²) in [4.78, 5) is 5.01. The molecular formula is C45H30BN3S. The zero-order valence-electron chi connectivity index (χ0n) is 27.4. The van der Waals surface area contributed by atoms with E-state index in [4.69, 9.17) is 0 Å². The number of rotatable bonds is 3. The van der Waals surface area contributed by atoms with E-state index in [2.05, 4.69) is 185 Å². The lowest BCUT2D eigenvalue weighted by Gasteiger charge is -2.43. The topological polar surface area (TPSA) is 11.4 Å². The van der Waals surface area contributed by atoms with E-state index in [0.717, 1.165) is 5.69 Å². The quantitative estimate of drug-likeness (QED) is 0.176. The van der Waals surface area contributed by atoms with Gasteiger partial charge in [-0.15, -0.1) is 11.3 Å². The van der Waals surface area contributed by atoms with E-state index in [9.17, 15) is 0 Å². The fourth-order valence-electron chi connectivity index (χ4n) is 8.70. The van der Waals surface area contributed by atoms with Gasteiger partial charge < -0.3 is 14.4 Å². The monoisotopic (exact) mass is 655 g/mol. The van der Waals surface area contributed by atoms with Crippen molar-refractivity contribution >= 4 is 99.8 Å². The van der Waals surface area contributed by atoms with Crippen molar-refractivity contribution in [2.24, 2.45) is 7.05 Å². The molecule has 0 N–H and O–H groups in total. The molecule has 0 saturated heterocycles. The summed E-state index contributed by atoms with van der Waals surface area (Å²) in [5.74, 6) is 0. The van der Waals surface area contributed by atoms with Crippen LogP contribution in [-0.4, -0.2) is 11.3 Å². The Morgan fingerprint density at radius 2 is 1.18 bits per heavy atom. The normalized spacial score (nSPS) is 13.2. The fraction of sp³-hybridized carbons (Fsp3) is 0.0222. The van der Waals surface area contributed by atoms with Crippen molar-refractivity contribution in [1.29, 1.82) is 0 Å². The Labute approximate surface area is 295 Å². The zero-order chi connectivity index (χ0) is 32.9. The van der Waals surface area contributed by atoms with Crippen LogP contribution in [0.3, 0.4) is 0 Å². The maximum Gasteiger partial charge on any atom is 0.264 e. The first-order chi connectivity index (χ1) is 24.8. The van der Waals surface area contributed by atoms with Gasteiger partial charge in [-0.3, -0.25) is 0 Å². The molecule has 4 heterocycles. The maximum atomic E-state index is 2.51. The Balaban J connectivity index is 1.17. The molecule has 5 heteroatoms. The van der Waals surface area contributed by atoms with Gasteiger partial charge in [0.15, 0.2) is 0 Å². The van der Waals surface area contributed by atoms with Crippen LogP contribution in [0.1, 0.15) is 0 Å². The third kappa shape index (κ3) is 3.75. The molecule has 2 aliphatic rings. The second-order valence-corrected chi connectivity index (χ2v) is 14.4. The predicted molar refractivity (Wildman–Crippen MR) is 215 cm³/mol. The average molecular weight is 656 g/mol. The van der Waals surface area contributed by atoms with E-state index in [1.165, 1.54) is 87.2 Å². The van der Waals surface area contributed by atoms with Gasteiger partial charge in [-0.05, 0) is 82.7 Å². The Bertz CT molecular complexity index is 2810. The summed E-state index contributed by atoms with van der Waals surface area (Å²) < 4.78 is 5.04. The van der Waals surface area contributed by atoms with Crippen molar-refractivity contribution in [2.45, 2.75) is 0 Å². The molecule has 0 spiro atoms. The number of para-hydroxylation sites is 3. The Morgan fingerprint density at radius 1 is 0.520 bits per heavy atom. The van der Waals surface area contributed by atoms with E-state index in [-0.39, 0.29) is 6.71 Å². The first-order valence-electron chi connectivity index (χ1n) is 17.2. The first-order valence-corrected chi connectivity index (χ1v) is 18.0. The molecular weight excluding hydrogens is 625 g/mol. The second-order valence-electron chi connectivity index (χ2n) is 13.3. The van der Waals surface area contributed by atoms with Crippen LogP contribution in [0.4, 0.5) is 34.1 Å². The van der Waals surface area contributed by atoms with Crippen LogP contribution >= 0.6 is 11.3 Å². The van der Waals surface area contributed by atoms with Crippen LogP contribution in [0.15, 0.2) is 164 Å². The van der Waals surface area contributed by atoms with Gasteiger partial charge in [0.2, 0.25) is 0 Å². The molecule has 11 rings (SSSR count). The van der Waals surface area contributed by atoms with Crippen LogP contribution in [0.25, 0.3) is 43.0 Å². The fourth-order valence-corrected chi connectivity index (χ4v) is 10.0. The van der Waals surface area contributed by atoms with Gasteiger partial charge in [0.05, 0.1) is 5.69 Å². The lowest BCUT2D eigenvalue weighted by atomic mass is 9.36. The number of aryl methyl sites for hydroxylation is 1. The van der Waals surface area contributed by atoms with Gasteiger partial charge in [-0.25, -0.2) is 0 Å². The van der Waals surface area contributed by atoms with Gasteiger partial charge in [0, 0.05) is 72.2 Å². The predicted octanol–water partition coefficient (Wildman–Crippen LogP) is 10.3. The molecule has 2 aromatic heterocycles. The highest BCUT2D eigenvalue weighted by atomic mass is 32.1. The molecule has 2 aliphatic heterocycles. The summed E-state index contributed by atoms with van der Waals surface area (Å²) in [5, 5.41) is 3.90. The van der Waals surface area contributed by atoms with Crippen LogP contribution < -0.4 is 25.5 Å². The van der Waals surface area contributed by atoms with Crippen LogP contribution in [0.5, 0.6) is 0 Å². The molecule has 50 heavy (non-hydrogen) atoms. The lowest BCUT2D eigenvalue weighted by molar-refractivity contribution is 1.01. The molecule has 7 aromatic carbocycles. The van der Waals surface area contributed by atoms with Gasteiger partial charge in [-0.1, -0.05) is 103 Å². The van der Waals surface area contributed by atoms with E-state index in [1.54, 1.807) is 0 Å². The standard InChI is InChI=1S/C45H30BN3S/c1-47-36-22-8-5-18-33(36)42-32(20-12-24-38(42)47)29-14-11-17-31(28-29)48-37-23-9-7-21-35(37)46-43-39(48)25-13-26-40(43)49(30-15-3-2-4-16-30)44-34-19-6-10-27-41(34)50-45(44)46/h2-28H,1H3. The molecule has 0 fully saturated rings. The molecule has 234 valence electrons. The number of hydrogen-bond acceptors (Lipinski definition) is 3. The van der Waals surface area contributed by atoms with Crippen molar-refractivity contribution < 1.29 is 0 Å². The van der Waals surface area contributed by atoms with Crippen molar-refractivity contribution in [3.05, 3.63) is 164 Å². The first kappa shape index (κ1) is 27.9. The number of anilines is 6. The summed E-state index contributed by atoms with van der Waals surface area (Å²) >= 11 is 1.94. The van der Waals surface area contributed by atoms with Gasteiger partial charge in [-0.2, -0.15) is 0 Å².